The first-order chi connectivity index (χ1) is 8.75. The molecular weight excluding hydrogens is 227 g/mol. The van der Waals surface area contributed by atoms with Crippen LogP contribution in [0.3, 0.4) is 0 Å². The summed E-state index contributed by atoms with van der Waals surface area (Å²) in [5.74, 6) is -0.402. The summed E-state index contributed by atoms with van der Waals surface area (Å²) in [4.78, 5) is 4.35. The Kier molecular flexibility index (Phi) is 2.45. The number of aromatic nitrogens is 1. The molecule has 0 radical (unpaired) electrons. The van der Waals surface area contributed by atoms with E-state index in [0.717, 1.165) is 16.5 Å². The van der Waals surface area contributed by atoms with Gasteiger partial charge in [-0.05, 0) is 18.2 Å². The molecule has 0 bridgehead atoms. The second-order valence-electron chi connectivity index (χ2n) is 4.12. The number of nitrogens with zero attached hydrogens (tertiary/aromatic N) is 1. The number of rotatable bonds is 1. The molecule has 2 aromatic carbocycles. The van der Waals surface area contributed by atoms with Gasteiger partial charge in [0.1, 0.15) is 5.82 Å². The molecule has 0 aliphatic rings. The quantitative estimate of drug-likeness (QED) is 0.657. The number of benzene rings is 2. The fourth-order valence-electron chi connectivity index (χ4n) is 2.01. The zero-order chi connectivity index (χ0) is 12.5. The Bertz CT molecular complexity index is 723. The molecule has 2 nitrogen and oxygen atoms in total. The Labute approximate surface area is 104 Å². The third-order valence-corrected chi connectivity index (χ3v) is 2.95. The van der Waals surface area contributed by atoms with Crippen LogP contribution in [-0.2, 0) is 0 Å². The average Bonchev–Trinajstić information content (AvgIpc) is 2.41. The minimum atomic E-state index is -0.402. The molecule has 0 amide bonds. The van der Waals surface area contributed by atoms with Gasteiger partial charge >= 0.3 is 0 Å². The number of fused-ring (bicyclic) bond motifs is 1. The van der Waals surface area contributed by atoms with Gasteiger partial charge in [-0.2, -0.15) is 0 Å². The summed E-state index contributed by atoms with van der Waals surface area (Å²) < 4.78 is 13.4. The van der Waals surface area contributed by atoms with Crippen LogP contribution in [0.1, 0.15) is 0 Å². The second-order valence-corrected chi connectivity index (χ2v) is 4.12. The van der Waals surface area contributed by atoms with E-state index < -0.39 is 5.82 Å². The van der Waals surface area contributed by atoms with Crippen LogP contribution < -0.4 is 5.73 Å². The first-order valence-corrected chi connectivity index (χ1v) is 5.65. The maximum atomic E-state index is 13.4. The average molecular weight is 238 g/mol. The molecule has 3 rings (SSSR count). The highest BCUT2D eigenvalue weighted by molar-refractivity contribution is 5.86. The third-order valence-electron chi connectivity index (χ3n) is 2.95. The molecule has 0 aliphatic carbocycles. The van der Waals surface area contributed by atoms with Crippen molar-refractivity contribution >= 4 is 16.6 Å². The summed E-state index contributed by atoms with van der Waals surface area (Å²) in [6, 6.07) is 14.6. The fraction of sp³-hybridized carbons (Fsp3) is 0. The molecule has 0 unspecified atom stereocenters. The Morgan fingerprint density at radius 3 is 2.72 bits per heavy atom. The van der Waals surface area contributed by atoms with Crippen LogP contribution in [0.25, 0.3) is 22.0 Å². The minimum absolute atomic E-state index is 0.162. The highest BCUT2D eigenvalue weighted by Gasteiger charge is 2.07. The lowest BCUT2D eigenvalue weighted by atomic mass is 10.0. The van der Waals surface area contributed by atoms with Crippen molar-refractivity contribution in [2.75, 3.05) is 5.73 Å². The number of anilines is 1. The molecule has 0 spiro atoms. The molecule has 0 aliphatic heterocycles. The van der Waals surface area contributed by atoms with Crippen molar-refractivity contribution in [3.05, 3.63) is 60.5 Å². The van der Waals surface area contributed by atoms with E-state index in [1.165, 1.54) is 6.07 Å². The minimum Gasteiger partial charge on any atom is -0.396 e. The summed E-state index contributed by atoms with van der Waals surface area (Å²) in [6.07, 6.45) is 1.72. The third kappa shape index (κ3) is 1.70. The summed E-state index contributed by atoms with van der Waals surface area (Å²) in [6.45, 7) is 0. The Morgan fingerprint density at radius 1 is 1.00 bits per heavy atom. The lowest BCUT2D eigenvalue weighted by molar-refractivity contribution is 0.633. The molecule has 18 heavy (non-hydrogen) atoms. The van der Waals surface area contributed by atoms with E-state index in [2.05, 4.69) is 4.98 Å². The van der Waals surface area contributed by atoms with Crippen molar-refractivity contribution in [2.24, 2.45) is 0 Å². The summed E-state index contributed by atoms with van der Waals surface area (Å²) in [5, 5.41) is 1.01. The van der Waals surface area contributed by atoms with Crippen LogP contribution in [0, 0.1) is 5.82 Å². The van der Waals surface area contributed by atoms with Crippen LogP contribution in [0.5, 0.6) is 0 Å². The van der Waals surface area contributed by atoms with Gasteiger partial charge in [0.15, 0.2) is 0 Å². The van der Waals surface area contributed by atoms with Gasteiger partial charge in [-0.25, -0.2) is 4.39 Å². The summed E-state index contributed by atoms with van der Waals surface area (Å²) in [7, 11) is 0. The molecule has 1 heterocycles. The van der Waals surface area contributed by atoms with E-state index >= 15 is 0 Å². The monoisotopic (exact) mass is 238 g/mol. The smallest absolute Gasteiger partial charge is 0.146 e. The fourth-order valence-corrected chi connectivity index (χ4v) is 2.01. The molecular formula is C15H11FN2. The van der Waals surface area contributed by atoms with Crippen molar-refractivity contribution in [1.29, 1.82) is 0 Å². The van der Waals surface area contributed by atoms with Gasteiger partial charge in [0.25, 0.3) is 0 Å². The van der Waals surface area contributed by atoms with Crippen molar-refractivity contribution in [2.45, 2.75) is 0 Å². The Morgan fingerprint density at radius 2 is 1.83 bits per heavy atom. The first-order valence-electron chi connectivity index (χ1n) is 5.65. The summed E-state index contributed by atoms with van der Waals surface area (Å²) in [5.41, 5.74) is 8.33. The van der Waals surface area contributed by atoms with Gasteiger partial charge < -0.3 is 5.73 Å². The van der Waals surface area contributed by atoms with E-state index in [4.69, 9.17) is 5.73 Å². The van der Waals surface area contributed by atoms with Crippen LogP contribution in [0.2, 0.25) is 0 Å². The van der Waals surface area contributed by atoms with Crippen molar-refractivity contribution in [3.8, 4) is 11.1 Å². The van der Waals surface area contributed by atoms with E-state index in [-0.39, 0.29) is 5.69 Å². The Balaban J connectivity index is 2.22. The van der Waals surface area contributed by atoms with Gasteiger partial charge in [-0.3, -0.25) is 4.98 Å². The molecule has 88 valence electrons. The number of pyridine rings is 1. The molecule has 0 fully saturated rings. The predicted octanol–water partition coefficient (Wildman–Crippen LogP) is 3.62. The summed E-state index contributed by atoms with van der Waals surface area (Å²) >= 11 is 0. The first kappa shape index (κ1) is 10.7. The van der Waals surface area contributed by atoms with Gasteiger partial charge in [0.2, 0.25) is 0 Å². The molecule has 0 atom stereocenters. The zero-order valence-electron chi connectivity index (χ0n) is 9.60. The van der Waals surface area contributed by atoms with E-state index in [1.807, 2.05) is 30.3 Å². The standard InChI is InChI=1S/C15H11FN2/c16-13-6-3-5-12(15(13)17)11-8-10-4-1-2-7-14(10)18-9-11/h1-9H,17H2. The van der Waals surface area contributed by atoms with Crippen molar-refractivity contribution in [1.82, 2.24) is 4.98 Å². The number of hydrogen-bond donors (Lipinski definition) is 1. The largest absolute Gasteiger partial charge is 0.396 e. The number of para-hydroxylation sites is 2. The van der Waals surface area contributed by atoms with Gasteiger partial charge in [0, 0.05) is 22.7 Å². The molecule has 3 heteroatoms. The van der Waals surface area contributed by atoms with Gasteiger partial charge in [0.05, 0.1) is 11.2 Å². The maximum Gasteiger partial charge on any atom is 0.146 e. The van der Waals surface area contributed by atoms with E-state index in [0.29, 0.717) is 5.56 Å². The molecule has 2 N–H and O–H groups in total. The predicted molar refractivity (Wildman–Crippen MR) is 71.5 cm³/mol. The topological polar surface area (TPSA) is 38.9 Å². The van der Waals surface area contributed by atoms with Crippen molar-refractivity contribution < 1.29 is 4.39 Å². The van der Waals surface area contributed by atoms with Crippen LogP contribution in [-0.4, -0.2) is 4.98 Å². The van der Waals surface area contributed by atoms with Gasteiger partial charge in [-0.15, -0.1) is 0 Å². The lowest BCUT2D eigenvalue weighted by Crippen LogP contribution is -1.94. The van der Waals surface area contributed by atoms with Crippen molar-refractivity contribution in [3.63, 3.8) is 0 Å². The number of nitrogen functional groups attached to an aromatic ring is 1. The molecule has 0 saturated carbocycles. The van der Waals surface area contributed by atoms with Crippen LogP contribution in [0.15, 0.2) is 54.7 Å². The number of halogens is 1. The maximum absolute atomic E-state index is 13.4. The zero-order valence-corrected chi connectivity index (χ0v) is 9.60. The van der Waals surface area contributed by atoms with Crippen LogP contribution in [0.4, 0.5) is 10.1 Å². The highest BCUT2D eigenvalue weighted by atomic mass is 19.1. The second kappa shape index (κ2) is 4.11. The molecule has 0 saturated heterocycles. The molecule has 3 aromatic rings. The number of hydrogen-bond acceptors (Lipinski definition) is 2. The molecule has 1 aromatic heterocycles. The number of nitrogens with two attached hydrogens (primary N) is 1. The van der Waals surface area contributed by atoms with E-state index in [9.17, 15) is 4.39 Å². The normalized spacial score (nSPS) is 10.7. The Hall–Kier alpha value is -2.42. The van der Waals surface area contributed by atoms with Crippen LogP contribution >= 0.6 is 0 Å². The van der Waals surface area contributed by atoms with E-state index in [1.54, 1.807) is 18.3 Å². The lowest BCUT2D eigenvalue weighted by Gasteiger charge is -2.07. The SMILES string of the molecule is Nc1c(F)cccc1-c1cnc2ccccc2c1. The van der Waals surface area contributed by atoms with Gasteiger partial charge in [-0.1, -0.05) is 30.3 Å². The highest BCUT2D eigenvalue weighted by Crippen LogP contribution is 2.29.